The van der Waals surface area contributed by atoms with Gasteiger partial charge in [-0.15, -0.1) is 0 Å². The molecule has 5 heteroatoms. The minimum Gasteiger partial charge on any atom is -0.306 e. The fourth-order valence-corrected chi connectivity index (χ4v) is 1.96. The van der Waals surface area contributed by atoms with Crippen LogP contribution in [0.15, 0.2) is 22.7 Å². The number of benzene rings is 1. The molecule has 12 heavy (non-hydrogen) atoms. The zero-order valence-electron chi connectivity index (χ0n) is 5.96. The molecule has 0 radical (unpaired) electrons. The molecular weight excluding hydrogens is 263 g/mol. The quantitative estimate of drug-likeness (QED) is 0.838. The third-order valence-electron chi connectivity index (χ3n) is 1.29. The average Bonchev–Trinajstić information content (AvgIpc) is 1.96. The van der Waals surface area contributed by atoms with Crippen LogP contribution < -0.4 is 0 Å². The maximum Gasteiger partial charge on any atom is 0.157 e. The van der Waals surface area contributed by atoms with Crippen molar-refractivity contribution < 1.29 is 8.76 Å². The van der Waals surface area contributed by atoms with E-state index >= 15 is 0 Å². The summed E-state index contributed by atoms with van der Waals surface area (Å²) in [6, 6.07) is 5.20. The van der Waals surface area contributed by atoms with Crippen LogP contribution in [0.1, 0.15) is 5.56 Å². The fraction of sp³-hybridized carbons (Fsp3) is 0.143. The van der Waals surface area contributed by atoms with Crippen molar-refractivity contribution in [2.24, 2.45) is 0 Å². The van der Waals surface area contributed by atoms with Crippen molar-refractivity contribution in [3.05, 3.63) is 33.3 Å². The lowest BCUT2D eigenvalue weighted by Crippen LogP contribution is -1.93. The third kappa shape index (κ3) is 2.86. The Hall–Kier alpha value is 0.1000. The largest absolute Gasteiger partial charge is 0.306 e. The maximum atomic E-state index is 10.5. The van der Waals surface area contributed by atoms with Crippen molar-refractivity contribution in [3.63, 3.8) is 0 Å². The highest BCUT2D eigenvalue weighted by Gasteiger charge is 2.03. The van der Waals surface area contributed by atoms with Gasteiger partial charge in [-0.1, -0.05) is 27.5 Å². The Morgan fingerprint density at radius 2 is 2.25 bits per heavy atom. The first-order valence-electron chi connectivity index (χ1n) is 3.11. The highest BCUT2D eigenvalue weighted by molar-refractivity contribution is 9.10. The van der Waals surface area contributed by atoms with Gasteiger partial charge in [-0.25, -0.2) is 4.21 Å². The lowest BCUT2D eigenvalue weighted by atomic mass is 10.2. The number of halogens is 2. The van der Waals surface area contributed by atoms with E-state index in [-0.39, 0.29) is 5.75 Å². The molecule has 1 unspecified atom stereocenters. The van der Waals surface area contributed by atoms with Gasteiger partial charge < -0.3 is 4.55 Å². The summed E-state index contributed by atoms with van der Waals surface area (Å²) in [5.41, 5.74) is 0.673. The van der Waals surface area contributed by atoms with Crippen LogP contribution in [0.4, 0.5) is 0 Å². The van der Waals surface area contributed by atoms with E-state index in [1.165, 1.54) is 0 Å². The molecule has 0 saturated heterocycles. The van der Waals surface area contributed by atoms with Crippen LogP contribution in [0.2, 0.25) is 5.02 Å². The third-order valence-corrected chi connectivity index (χ3v) is 2.71. The van der Waals surface area contributed by atoms with Crippen molar-refractivity contribution in [1.82, 2.24) is 0 Å². The highest BCUT2D eigenvalue weighted by atomic mass is 79.9. The first kappa shape index (κ1) is 10.2. The van der Waals surface area contributed by atoms with Crippen LogP contribution >= 0.6 is 27.5 Å². The van der Waals surface area contributed by atoms with Gasteiger partial charge in [0.15, 0.2) is 11.1 Å². The van der Waals surface area contributed by atoms with E-state index in [0.717, 1.165) is 4.47 Å². The first-order valence-corrected chi connectivity index (χ1v) is 5.55. The minimum absolute atomic E-state index is 0.0677. The summed E-state index contributed by atoms with van der Waals surface area (Å²) in [6.45, 7) is 0. The summed E-state index contributed by atoms with van der Waals surface area (Å²) in [5, 5.41) is 0.514. The molecule has 0 aliphatic heterocycles. The van der Waals surface area contributed by atoms with Gasteiger partial charge in [-0.05, 0) is 23.8 Å². The summed E-state index contributed by atoms with van der Waals surface area (Å²) in [5.74, 6) is 0.0677. The molecule has 0 fully saturated rings. The molecule has 0 bridgehead atoms. The van der Waals surface area contributed by atoms with Crippen molar-refractivity contribution >= 4 is 38.6 Å². The predicted molar refractivity (Wildman–Crippen MR) is 53.6 cm³/mol. The van der Waals surface area contributed by atoms with Gasteiger partial charge in [0.1, 0.15) is 0 Å². The zero-order valence-corrected chi connectivity index (χ0v) is 9.12. The minimum atomic E-state index is -1.84. The van der Waals surface area contributed by atoms with E-state index in [4.69, 9.17) is 16.2 Å². The van der Waals surface area contributed by atoms with Crippen LogP contribution in [0.25, 0.3) is 0 Å². The molecule has 0 aliphatic carbocycles. The van der Waals surface area contributed by atoms with Crippen LogP contribution in [-0.4, -0.2) is 8.76 Å². The Kier molecular flexibility index (Phi) is 3.71. The molecule has 1 atom stereocenters. The Morgan fingerprint density at radius 3 is 2.83 bits per heavy atom. The van der Waals surface area contributed by atoms with Gasteiger partial charge in [-0.2, -0.15) is 0 Å². The van der Waals surface area contributed by atoms with E-state index in [1.54, 1.807) is 18.2 Å². The van der Waals surface area contributed by atoms with Crippen LogP contribution in [-0.2, 0) is 16.8 Å². The lowest BCUT2D eigenvalue weighted by Gasteiger charge is -2.00. The molecule has 1 aromatic carbocycles. The van der Waals surface area contributed by atoms with Gasteiger partial charge in [0.2, 0.25) is 0 Å². The molecule has 1 aromatic rings. The number of hydrogen-bond donors (Lipinski definition) is 1. The van der Waals surface area contributed by atoms with E-state index in [9.17, 15) is 4.21 Å². The fourth-order valence-electron chi connectivity index (χ4n) is 0.787. The SMILES string of the molecule is O=S(O)Cc1cc(Br)ccc1Cl. The average molecular weight is 270 g/mol. The maximum absolute atomic E-state index is 10.5. The van der Waals surface area contributed by atoms with Crippen molar-refractivity contribution in [3.8, 4) is 0 Å². The van der Waals surface area contributed by atoms with Crippen molar-refractivity contribution in [2.45, 2.75) is 5.75 Å². The van der Waals surface area contributed by atoms with Crippen LogP contribution in [0.3, 0.4) is 0 Å². The molecule has 66 valence electrons. The highest BCUT2D eigenvalue weighted by Crippen LogP contribution is 2.21. The summed E-state index contributed by atoms with van der Waals surface area (Å²) in [6.07, 6.45) is 0. The topological polar surface area (TPSA) is 37.3 Å². The molecule has 0 aliphatic rings. The Labute approximate surface area is 86.3 Å². The molecule has 0 spiro atoms. The molecule has 1 rings (SSSR count). The van der Waals surface area contributed by atoms with Gasteiger partial charge in [-0.3, -0.25) is 0 Å². The summed E-state index contributed by atoms with van der Waals surface area (Å²) in [4.78, 5) is 0. The molecule has 0 heterocycles. The Morgan fingerprint density at radius 1 is 1.58 bits per heavy atom. The molecular formula is C7H6BrClO2S. The lowest BCUT2D eigenvalue weighted by molar-refractivity contribution is 0.563. The summed E-state index contributed by atoms with van der Waals surface area (Å²) < 4.78 is 19.9. The summed E-state index contributed by atoms with van der Waals surface area (Å²) >= 11 is 7.18. The molecule has 0 saturated carbocycles. The van der Waals surface area contributed by atoms with E-state index in [0.29, 0.717) is 10.6 Å². The second-order valence-corrected chi connectivity index (χ2v) is 4.46. The molecule has 0 aromatic heterocycles. The van der Waals surface area contributed by atoms with E-state index in [1.807, 2.05) is 0 Å². The standard InChI is InChI=1S/C7H6BrClO2S/c8-6-1-2-7(9)5(3-6)4-12(10)11/h1-3H,4H2,(H,10,11). The van der Waals surface area contributed by atoms with E-state index < -0.39 is 11.1 Å². The van der Waals surface area contributed by atoms with Gasteiger partial charge in [0, 0.05) is 9.50 Å². The normalized spacial score (nSPS) is 12.9. The van der Waals surface area contributed by atoms with Crippen LogP contribution in [0.5, 0.6) is 0 Å². The number of hydrogen-bond acceptors (Lipinski definition) is 1. The second kappa shape index (κ2) is 4.37. The monoisotopic (exact) mass is 268 g/mol. The van der Waals surface area contributed by atoms with Gasteiger partial charge in [0.05, 0.1) is 5.75 Å². The zero-order chi connectivity index (χ0) is 9.14. The molecule has 1 N–H and O–H groups in total. The second-order valence-electron chi connectivity index (χ2n) is 2.20. The predicted octanol–water partition coefficient (Wildman–Crippen LogP) is 2.82. The van der Waals surface area contributed by atoms with Gasteiger partial charge in [0.25, 0.3) is 0 Å². The smallest absolute Gasteiger partial charge is 0.157 e. The Bertz CT molecular complexity index is 316. The molecule has 0 amide bonds. The molecule has 2 nitrogen and oxygen atoms in total. The summed E-state index contributed by atoms with van der Waals surface area (Å²) in [7, 11) is 0. The van der Waals surface area contributed by atoms with Crippen LogP contribution in [0, 0.1) is 0 Å². The Balaban J connectivity index is 2.97. The van der Waals surface area contributed by atoms with E-state index in [2.05, 4.69) is 15.9 Å². The number of rotatable bonds is 2. The van der Waals surface area contributed by atoms with Crippen molar-refractivity contribution in [2.75, 3.05) is 0 Å². The van der Waals surface area contributed by atoms with Crippen molar-refractivity contribution in [1.29, 1.82) is 0 Å². The first-order chi connectivity index (χ1) is 5.59. The van der Waals surface area contributed by atoms with Gasteiger partial charge >= 0.3 is 0 Å².